The van der Waals surface area contributed by atoms with Gasteiger partial charge in [-0.2, -0.15) is 5.10 Å². The standard InChI is InChI=1S/C13H17N5/c1-18-5-4-15-13(18)12-9-3-2-8-6-14-7-10(8)11(9)16-17-12/h4-5,8,10,14H,2-3,6-7H2,1H3,(H,16,17). The van der Waals surface area contributed by atoms with Crippen LogP contribution in [-0.4, -0.2) is 32.8 Å². The third-order valence-electron chi connectivity index (χ3n) is 4.41. The molecule has 2 unspecified atom stereocenters. The molecular weight excluding hydrogens is 226 g/mol. The zero-order chi connectivity index (χ0) is 12.1. The molecule has 2 N–H and O–H groups in total. The van der Waals surface area contributed by atoms with Gasteiger partial charge in [0.15, 0.2) is 5.82 Å². The summed E-state index contributed by atoms with van der Waals surface area (Å²) in [6.45, 7) is 2.24. The number of nitrogens with one attached hydrogen (secondary N) is 2. The van der Waals surface area contributed by atoms with Gasteiger partial charge in [-0.25, -0.2) is 4.98 Å². The molecule has 1 aliphatic heterocycles. The number of fused-ring (bicyclic) bond motifs is 3. The Morgan fingerprint density at radius 3 is 3.17 bits per heavy atom. The first-order chi connectivity index (χ1) is 8.84. The van der Waals surface area contributed by atoms with Gasteiger partial charge in [-0.1, -0.05) is 0 Å². The number of hydrogen-bond acceptors (Lipinski definition) is 3. The molecule has 1 aliphatic carbocycles. The molecule has 5 nitrogen and oxygen atoms in total. The van der Waals surface area contributed by atoms with Crippen LogP contribution in [0.25, 0.3) is 11.5 Å². The normalized spacial score (nSPS) is 26.1. The van der Waals surface area contributed by atoms with Crippen molar-refractivity contribution in [1.29, 1.82) is 0 Å². The number of aromatic nitrogens is 4. The molecule has 0 amide bonds. The van der Waals surface area contributed by atoms with E-state index in [1.807, 2.05) is 24.0 Å². The minimum atomic E-state index is 0.621. The molecule has 2 aromatic heterocycles. The van der Waals surface area contributed by atoms with Gasteiger partial charge in [-0.3, -0.25) is 5.10 Å². The van der Waals surface area contributed by atoms with Crippen LogP contribution in [0.2, 0.25) is 0 Å². The Balaban J connectivity index is 1.82. The molecule has 3 heterocycles. The third-order valence-corrected chi connectivity index (χ3v) is 4.41. The van der Waals surface area contributed by atoms with Crippen molar-refractivity contribution in [1.82, 2.24) is 25.1 Å². The predicted molar refractivity (Wildman–Crippen MR) is 68.2 cm³/mol. The van der Waals surface area contributed by atoms with Crippen molar-refractivity contribution in [3.8, 4) is 11.5 Å². The number of aromatic amines is 1. The molecule has 2 aromatic rings. The predicted octanol–water partition coefficient (Wildman–Crippen LogP) is 1.06. The summed E-state index contributed by atoms with van der Waals surface area (Å²) in [7, 11) is 2.02. The minimum Gasteiger partial charge on any atom is -0.333 e. The van der Waals surface area contributed by atoms with Gasteiger partial charge < -0.3 is 9.88 Å². The van der Waals surface area contributed by atoms with Crippen LogP contribution < -0.4 is 5.32 Å². The van der Waals surface area contributed by atoms with Crippen LogP contribution in [0.4, 0.5) is 0 Å². The van der Waals surface area contributed by atoms with E-state index in [2.05, 4.69) is 20.5 Å². The Morgan fingerprint density at radius 2 is 2.33 bits per heavy atom. The molecule has 0 aromatic carbocycles. The second kappa shape index (κ2) is 3.68. The van der Waals surface area contributed by atoms with E-state index in [4.69, 9.17) is 0 Å². The molecule has 1 fully saturated rings. The minimum absolute atomic E-state index is 0.621. The Hall–Kier alpha value is -1.62. The molecule has 0 saturated carbocycles. The Bertz CT molecular complexity index is 582. The highest BCUT2D eigenvalue weighted by Gasteiger charge is 2.36. The highest BCUT2D eigenvalue weighted by molar-refractivity contribution is 5.58. The molecule has 18 heavy (non-hydrogen) atoms. The maximum atomic E-state index is 4.53. The average Bonchev–Trinajstić information content (AvgIpc) is 3.04. The molecule has 5 heteroatoms. The average molecular weight is 243 g/mol. The van der Waals surface area contributed by atoms with E-state index in [0.29, 0.717) is 5.92 Å². The Morgan fingerprint density at radius 1 is 1.39 bits per heavy atom. The van der Waals surface area contributed by atoms with Crippen LogP contribution in [0.15, 0.2) is 12.4 Å². The van der Waals surface area contributed by atoms with Crippen molar-refractivity contribution in [2.75, 3.05) is 13.1 Å². The van der Waals surface area contributed by atoms with E-state index in [-0.39, 0.29) is 0 Å². The summed E-state index contributed by atoms with van der Waals surface area (Å²) in [4.78, 5) is 4.42. The van der Waals surface area contributed by atoms with E-state index in [0.717, 1.165) is 36.9 Å². The highest BCUT2D eigenvalue weighted by atomic mass is 15.2. The van der Waals surface area contributed by atoms with Gasteiger partial charge in [0.1, 0.15) is 5.69 Å². The van der Waals surface area contributed by atoms with Gasteiger partial charge in [0.25, 0.3) is 0 Å². The highest BCUT2D eigenvalue weighted by Crippen LogP contribution is 2.40. The van der Waals surface area contributed by atoms with Crippen LogP contribution in [0.3, 0.4) is 0 Å². The van der Waals surface area contributed by atoms with Crippen LogP contribution >= 0.6 is 0 Å². The first-order valence-electron chi connectivity index (χ1n) is 6.60. The topological polar surface area (TPSA) is 58.5 Å². The molecule has 2 atom stereocenters. The molecule has 0 bridgehead atoms. The second-order valence-corrected chi connectivity index (χ2v) is 5.39. The fraction of sp³-hybridized carbons (Fsp3) is 0.538. The second-order valence-electron chi connectivity index (χ2n) is 5.39. The van der Waals surface area contributed by atoms with Gasteiger partial charge in [0, 0.05) is 43.2 Å². The summed E-state index contributed by atoms with van der Waals surface area (Å²) >= 11 is 0. The Kier molecular flexibility index (Phi) is 2.11. The van der Waals surface area contributed by atoms with Crippen LogP contribution in [-0.2, 0) is 13.5 Å². The van der Waals surface area contributed by atoms with E-state index in [1.54, 1.807) is 0 Å². The zero-order valence-corrected chi connectivity index (χ0v) is 10.5. The summed E-state index contributed by atoms with van der Waals surface area (Å²) in [5, 5.41) is 11.3. The number of H-pyrrole nitrogens is 1. The fourth-order valence-corrected chi connectivity index (χ4v) is 3.42. The maximum Gasteiger partial charge on any atom is 0.160 e. The lowest BCUT2D eigenvalue weighted by atomic mass is 9.80. The molecule has 94 valence electrons. The molecule has 0 spiro atoms. The summed E-state index contributed by atoms with van der Waals surface area (Å²) in [6.07, 6.45) is 6.19. The molecule has 2 aliphatic rings. The molecule has 1 saturated heterocycles. The van der Waals surface area contributed by atoms with Crippen molar-refractivity contribution < 1.29 is 0 Å². The van der Waals surface area contributed by atoms with Gasteiger partial charge in [0.2, 0.25) is 0 Å². The van der Waals surface area contributed by atoms with Gasteiger partial charge >= 0.3 is 0 Å². The lowest BCUT2D eigenvalue weighted by Gasteiger charge is -2.24. The van der Waals surface area contributed by atoms with E-state index >= 15 is 0 Å². The van der Waals surface area contributed by atoms with Gasteiger partial charge in [-0.05, 0) is 25.3 Å². The lowest BCUT2D eigenvalue weighted by molar-refractivity contribution is 0.445. The summed E-state index contributed by atoms with van der Waals surface area (Å²) in [6, 6.07) is 0. The number of rotatable bonds is 1. The monoisotopic (exact) mass is 243 g/mol. The van der Waals surface area contributed by atoms with Crippen molar-refractivity contribution >= 4 is 0 Å². The SMILES string of the molecule is Cn1ccnc1-c1n[nH]c2c1CCC1CNCC21. The summed E-state index contributed by atoms with van der Waals surface area (Å²) < 4.78 is 2.04. The molecule has 4 rings (SSSR count). The third kappa shape index (κ3) is 1.31. The van der Waals surface area contributed by atoms with E-state index in [9.17, 15) is 0 Å². The van der Waals surface area contributed by atoms with E-state index in [1.165, 1.54) is 17.7 Å². The quantitative estimate of drug-likeness (QED) is 0.787. The maximum absolute atomic E-state index is 4.53. The van der Waals surface area contributed by atoms with Crippen molar-refractivity contribution in [3.05, 3.63) is 23.7 Å². The van der Waals surface area contributed by atoms with Crippen molar-refractivity contribution in [2.45, 2.75) is 18.8 Å². The molecule has 0 radical (unpaired) electrons. The van der Waals surface area contributed by atoms with Crippen LogP contribution in [0.5, 0.6) is 0 Å². The zero-order valence-electron chi connectivity index (χ0n) is 10.5. The van der Waals surface area contributed by atoms with Crippen molar-refractivity contribution in [2.24, 2.45) is 13.0 Å². The Labute approximate surface area is 106 Å². The molecular formula is C13H17N5. The van der Waals surface area contributed by atoms with Gasteiger partial charge in [0.05, 0.1) is 0 Å². The summed E-state index contributed by atoms with van der Waals surface area (Å²) in [5.41, 5.74) is 3.77. The number of aryl methyl sites for hydroxylation is 1. The first-order valence-corrected chi connectivity index (χ1v) is 6.60. The number of imidazole rings is 1. The first kappa shape index (κ1) is 10.3. The smallest absolute Gasteiger partial charge is 0.160 e. The van der Waals surface area contributed by atoms with E-state index < -0.39 is 0 Å². The summed E-state index contributed by atoms with van der Waals surface area (Å²) in [5.74, 6) is 2.37. The number of nitrogens with zero attached hydrogens (tertiary/aromatic N) is 3. The largest absolute Gasteiger partial charge is 0.333 e. The van der Waals surface area contributed by atoms with Crippen molar-refractivity contribution in [3.63, 3.8) is 0 Å². The van der Waals surface area contributed by atoms with Gasteiger partial charge in [-0.15, -0.1) is 0 Å². The lowest BCUT2D eigenvalue weighted by Crippen LogP contribution is -2.19. The van der Waals surface area contributed by atoms with Crippen LogP contribution in [0, 0.1) is 5.92 Å². The number of hydrogen-bond donors (Lipinski definition) is 2. The fourth-order valence-electron chi connectivity index (χ4n) is 3.42. The van der Waals surface area contributed by atoms with Crippen LogP contribution in [0.1, 0.15) is 23.6 Å².